The Kier molecular flexibility index (Phi) is 2.48. The van der Waals surface area contributed by atoms with Crippen LogP contribution in [0.4, 0.5) is 5.00 Å². The summed E-state index contributed by atoms with van der Waals surface area (Å²) >= 11 is 1.58. The summed E-state index contributed by atoms with van der Waals surface area (Å²) in [7, 11) is 0. The van der Waals surface area contributed by atoms with Gasteiger partial charge in [-0.3, -0.25) is 4.79 Å². The van der Waals surface area contributed by atoms with Gasteiger partial charge in [-0.1, -0.05) is 12.1 Å². The van der Waals surface area contributed by atoms with Gasteiger partial charge in [-0.05, 0) is 30.1 Å². The van der Waals surface area contributed by atoms with Crippen LogP contribution in [0.1, 0.15) is 12.8 Å². The van der Waals surface area contributed by atoms with Crippen molar-refractivity contribution in [2.24, 2.45) is 0 Å². The van der Waals surface area contributed by atoms with E-state index in [0.717, 1.165) is 38.0 Å². The lowest BCUT2D eigenvalue weighted by Crippen LogP contribution is -2.51. The van der Waals surface area contributed by atoms with Crippen molar-refractivity contribution in [2.45, 2.75) is 18.9 Å². The van der Waals surface area contributed by atoms with E-state index in [0.29, 0.717) is 11.9 Å². The van der Waals surface area contributed by atoms with Crippen LogP contribution in [-0.2, 0) is 4.79 Å². The number of hydrogen-bond donors (Lipinski definition) is 0. The molecule has 4 nitrogen and oxygen atoms in total. The highest BCUT2D eigenvalue weighted by molar-refractivity contribution is 7.11. The number of hydrogen-bond acceptors (Lipinski definition) is 4. The van der Waals surface area contributed by atoms with E-state index < -0.39 is 0 Å². The van der Waals surface area contributed by atoms with Crippen molar-refractivity contribution in [1.29, 1.82) is 0 Å². The lowest BCUT2D eigenvalue weighted by Gasteiger charge is -2.38. The van der Waals surface area contributed by atoms with Crippen LogP contribution in [0, 0.1) is 0 Å². The first-order valence-corrected chi connectivity index (χ1v) is 7.49. The molecule has 0 aliphatic carbocycles. The Morgan fingerprint density at radius 3 is 3.11 bits per heavy atom. The number of carbonyl (C=O) groups excluding carboxylic acids is 1. The molecular formula is C14H15N3OS. The van der Waals surface area contributed by atoms with Crippen molar-refractivity contribution in [2.75, 3.05) is 24.5 Å². The number of nitrogens with zero attached hydrogens (tertiary/aromatic N) is 3. The number of amides is 1. The lowest BCUT2D eigenvalue weighted by atomic mass is 10.1. The Balaban J connectivity index is 1.65. The fraction of sp³-hybridized carbons (Fsp3) is 0.429. The zero-order chi connectivity index (χ0) is 12.8. The topological polar surface area (TPSA) is 36.4 Å². The molecule has 3 heterocycles. The Labute approximate surface area is 115 Å². The molecule has 2 aliphatic rings. The van der Waals surface area contributed by atoms with Crippen LogP contribution in [0.3, 0.4) is 0 Å². The van der Waals surface area contributed by atoms with Crippen LogP contribution >= 0.6 is 11.5 Å². The van der Waals surface area contributed by atoms with Gasteiger partial charge in [0.1, 0.15) is 5.00 Å². The molecule has 98 valence electrons. The van der Waals surface area contributed by atoms with Gasteiger partial charge < -0.3 is 9.80 Å². The molecule has 1 atom stereocenters. The van der Waals surface area contributed by atoms with Crippen LogP contribution in [0.2, 0.25) is 0 Å². The van der Waals surface area contributed by atoms with Crippen molar-refractivity contribution in [3.05, 3.63) is 24.3 Å². The van der Waals surface area contributed by atoms with Crippen molar-refractivity contribution in [3.8, 4) is 0 Å². The molecule has 0 radical (unpaired) electrons. The SMILES string of the molecule is O=C1CCC2CN(c3snc4ccccc34)CCN12. The van der Waals surface area contributed by atoms with Gasteiger partial charge in [-0.25, -0.2) is 0 Å². The number of benzene rings is 1. The highest BCUT2D eigenvalue weighted by atomic mass is 32.1. The molecule has 0 saturated carbocycles. The van der Waals surface area contributed by atoms with Gasteiger partial charge in [-0.15, -0.1) is 0 Å². The molecule has 2 fully saturated rings. The summed E-state index contributed by atoms with van der Waals surface area (Å²) in [4.78, 5) is 16.2. The average Bonchev–Trinajstić information content (AvgIpc) is 3.03. The first-order chi connectivity index (χ1) is 9.33. The van der Waals surface area contributed by atoms with E-state index in [1.54, 1.807) is 11.5 Å². The number of aromatic nitrogens is 1. The second kappa shape index (κ2) is 4.20. The quantitative estimate of drug-likeness (QED) is 0.798. The molecule has 0 bridgehead atoms. The van der Waals surface area contributed by atoms with Gasteiger partial charge in [-0.2, -0.15) is 4.37 Å². The molecule has 1 aromatic heterocycles. The summed E-state index contributed by atoms with van der Waals surface area (Å²) < 4.78 is 4.51. The van der Waals surface area contributed by atoms with Crippen molar-refractivity contribution in [1.82, 2.24) is 9.27 Å². The van der Waals surface area contributed by atoms with E-state index in [2.05, 4.69) is 32.4 Å². The van der Waals surface area contributed by atoms with Gasteiger partial charge in [0.25, 0.3) is 0 Å². The highest BCUT2D eigenvalue weighted by Crippen LogP contribution is 2.34. The summed E-state index contributed by atoms with van der Waals surface area (Å²) in [5, 5.41) is 2.50. The maximum absolute atomic E-state index is 11.7. The molecule has 1 amide bonds. The predicted octanol–water partition coefficient (Wildman–Crippen LogP) is 2.11. The van der Waals surface area contributed by atoms with Gasteiger partial charge in [0.05, 0.1) is 5.52 Å². The molecule has 2 aromatic rings. The number of piperazine rings is 1. The fourth-order valence-corrected chi connectivity index (χ4v) is 4.05. The summed E-state index contributed by atoms with van der Waals surface area (Å²) in [6, 6.07) is 8.70. The third-order valence-corrected chi connectivity index (χ3v) is 5.09. The number of anilines is 1. The molecule has 0 N–H and O–H groups in total. The Morgan fingerprint density at radius 1 is 1.26 bits per heavy atom. The molecule has 4 rings (SSSR count). The third kappa shape index (κ3) is 1.72. The van der Waals surface area contributed by atoms with Crippen molar-refractivity contribution in [3.63, 3.8) is 0 Å². The van der Waals surface area contributed by atoms with E-state index in [9.17, 15) is 4.79 Å². The van der Waals surface area contributed by atoms with Crippen LogP contribution in [-0.4, -0.2) is 40.9 Å². The second-order valence-electron chi connectivity index (χ2n) is 5.23. The standard InChI is InChI=1S/C14H15N3OS/c18-13-6-5-10-9-16(7-8-17(10)13)14-11-3-1-2-4-12(11)15-19-14/h1-4,10H,5-9H2. The van der Waals surface area contributed by atoms with Gasteiger partial charge in [0, 0.05) is 37.5 Å². The molecular weight excluding hydrogens is 258 g/mol. The van der Waals surface area contributed by atoms with E-state index in [1.807, 2.05) is 6.07 Å². The molecule has 1 unspecified atom stereocenters. The average molecular weight is 273 g/mol. The molecule has 19 heavy (non-hydrogen) atoms. The van der Waals surface area contributed by atoms with Crippen LogP contribution in [0.25, 0.3) is 10.9 Å². The normalized spacial score (nSPS) is 23.2. The zero-order valence-electron chi connectivity index (χ0n) is 10.6. The van der Waals surface area contributed by atoms with Crippen LogP contribution in [0.15, 0.2) is 24.3 Å². The molecule has 2 aliphatic heterocycles. The van der Waals surface area contributed by atoms with Crippen LogP contribution < -0.4 is 4.90 Å². The minimum Gasteiger partial charge on any atom is -0.358 e. The van der Waals surface area contributed by atoms with Gasteiger partial charge in [0.2, 0.25) is 5.91 Å². The Morgan fingerprint density at radius 2 is 2.16 bits per heavy atom. The van der Waals surface area contributed by atoms with Crippen LogP contribution in [0.5, 0.6) is 0 Å². The van der Waals surface area contributed by atoms with E-state index in [-0.39, 0.29) is 0 Å². The smallest absolute Gasteiger partial charge is 0.223 e. The predicted molar refractivity (Wildman–Crippen MR) is 76.6 cm³/mol. The number of carbonyl (C=O) groups is 1. The largest absolute Gasteiger partial charge is 0.358 e. The highest BCUT2D eigenvalue weighted by Gasteiger charge is 2.36. The second-order valence-corrected chi connectivity index (χ2v) is 5.98. The summed E-state index contributed by atoms with van der Waals surface area (Å²) in [5.41, 5.74) is 1.08. The molecule has 0 spiro atoms. The fourth-order valence-electron chi connectivity index (χ4n) is 3.15. The number of fused-ring (bicyclic) bond motifs is 2. The van der Waals surface area contributed by atoms with Crippen molar-refractivity contribution < 1.29 is 4.79 Å². The van der Waals surface area contributed by atoms with Crippen molar-refractivity contribution >= 4 is 33.3 Å². The minimum atomic E-state index is 0.332. The summed E-state index contributed by atoms with van der Waals surface area (Å²) in [5.74, 6) is 0.332. The summed E-state index contributed by atoms with van der Waals surface area (Å²) in [6.45, 7) is 2.74. The first kappa shape index (κ1) is 11.2. The first-order valence-electron chi connectivity index (χ1n) is 6.72. The van der Waals surface area contributed by atoms with Gasteiger partial charge >= 0.3 is 0 Å². The summed E-state index contributed by atoms with van der Waals surface area (Å²) in [6.07, 6.45) is 1.73. The van der Waals surface area contributed by atoms with E-state index in [1.165, 1.54) is 10.4 Å². The molecule has 1 aromatic carbocycles. The monoisotopic (exact) mass is 273 g/mol. The molecule has 2 saturated heterocycles. The zero-order valence-corrected chi connectivity index (χ0v) is 11.4. The Hall–Kier alpha value is -1.62. The Bertz CT molecular complexity index is 638. The lowest BCUT2D eigenvalue weighted by molar-refractivity contribution is -0.129. The third-order valence-electron chi connectivity index (χ3n) is 4.15. The molecule has 5 heteroatoms. The number of rotatable bonds is 1. The minimum absolute atomic E-state index is 0.332. The van der Waals surface area contributed by atoms with E-state index in [4.69, 9.17) is 0 Å². The van der Waals surface area contributed by atoms with E-state index >= 15 is 0 Å². The van der Waals surface area contributed by atoms with Gasteiger partial charge in [0.15, 0.2) is 0 Å². The maximum Gasteiger partial charge on any atom is 0.223 e. The maximum atomic E-state index is 11.7.